The van der Waals surface area contributed by atoms with Crippen molar-refractivity contribution in [1.82, 2.24) is 4.98 Å². The zero-order chi connectivity index (χ0) is 10.7. The van der Waals surface area contributed by atoms with Gasteiger partial charge >= 0.3 is 0 Å². The fourth-order valence-corrected chi connectivity index (χ4v) is 1.50. The molecule has 0 bridgehead atoms. The molecule has 1 heterocycles. The quantitative estimate of drug-likeness (QED) is 0.843. The van der Waals surface area contributed by atoms with Crippen molar-refractivity contribution in [2.24, 2.45) is 0 Å². The average molecular weight is 220 g/mol. The number of halogens is 1. The summed E-state index contributed by atoms with van der Waals surface area (Å²) in [5, 5.41) is 10.7. The van der Waals surface area contributed by atoms with E-state index in [9.17, 15) is 5.11 Å². The molecule has 2 rings (SSSR count). The van der Waals surface area contributed by atoms with Crippen molar-refractivity contribution in [2.45, 2.75) is 6.10 Å². The number of pyridine rings is 1. The first kappa shape index (κ1) is 10.1. The lowest BCUT2D eigenvalue weighted by Gasteiger charge is -2.10. The molecule has 2 nitrogen and oxygen atoms in total. The van der Waals surface area contributed by atoms with Crippen molar-refractivity contribution in [3.05, 3.63) is 64.9 Å². The number of hydrogen-bond donors (Lipinski definition) is 1. The summed E-state index contributed by atoms with van der Waals surface area (Å²) >= 11 is 5.77. The molecule has 3 heteroatoms. The Labute approximate surface area is 93.2 Å². The van der Waals surface area contributed by atoms with E-state index >= 15 is 0 Å². The summed E-state index contributed by atoms with van der Waals surface area (Å²) in [5.74, 6) is 0. The lowest BCUT2D eigenvalue weighted by molar-refractivity contribution is 0.220. The van der Waals surface area contributed by atoms with E-state index < -0.39 is 6.10 Å². The van der Waals surface area contributed by atoms with Crippen LogP contribution in [0.1, 0.15) is 17.2 Å². The van der Waals surface area contributed by atoms with Crippen molar-refractivity contribution in [2.75, 3.05) is 0 Å². The molecule has 0 aliphatic heterocycles. The van der Waals surface area contributed by atoms with E-state index in [1.807, 2.05) is 6.07 Å². The van der Waals surface area contributed by atoms with Crippen LogP contribution in [0.2, 0.25) is 5.02 Å². The summed E-state index contributed by atoms with van der Waals surface area (Å²) in [6, 6.07) is 10.8. The smallest absolute Gasteiger partial charge is 0.106 e. The first-order chi connectivity index (χ1) is 7.27. The summed E-state index contributed by atoms with van der Waals surface area (Å²) in [6.07, 6.45) is 2.69. The van der Waals surface area contributed by atoms with Gasteiger partial charge in [0.05, 0.1) is 0 Å². The van der Waals surface area contributed by atoms with Gasteiger partial charge in [-0.25, -0.2) is 0 Å². The maximum absolute atomic E-state index is 10.00. The molecule has 1 aromatic heterocycles. The van der Waals surface area contributed by atoms with Gasteiger partial charge in [-0.3, -0.25) is 4.98 Å². The van der Waals surface area contributed by atoms with E-state index in [0.29, 0.717) is 5.02 Å². The van der Waals surface area contributed by atoms with E-state index in [-0.39, 0.29) is 0 Å². The molecular weight excluding hydrogens is 210 g/mol. The molecule has 1 aromatic carbocycles. The van der Waals surface area contributed by atoms with Gasteiger partial charge in [0.1, 0.15) is 6.10 Å². The normalized spacial score (nSPS) is 12.4. The predicted octanol–water partition coefficient (Wildman–Crippen LogP) is 2.82. The van der Waals surface area contributed by atoms with Gasteiger partial charge in [-0.1, -0.05) is 29.8 Å². The van der Waals surface area contributed by atoms with Crippen LogP contribution in [-0.4, -0.2) is 10.1 Å². The molecule has 1 atom stereocenters. The van der Waals surface area contributed by atoms with Crippen LogP contribution in [-0.2, 0) is 0 Å². The van der Waals surface area contributed by atoms with Gasteiger partial charge in [0, 0.05) is 23.0 Å². The number of hydrogen-bond acceptors (Lipinski definition) is 2. The fraction of sp³-hybridized carbons (Fsp3) is 0.0833. The average Bonchev–Trinajstić information content (AvgIpc) is 2.30. The molecule has 76 valence electrons. The van der Waals surface area contributed by atoms with Crippen LogP contribution >= 0.6 is 11.6 Å². The Morgan fingerprint density at radius 2 is 1.80 bits per heavy atom. The minimum atomic E-state index is -0.643. The van der Waals surface area contributed by atoms with Gasteiger partial charge < -0.3 is 5.11 Å². The second-order valence-electron chi connectivity index (χ2n) is 3.24. The molecule has 15 heavy (non-hydrogen) atoms. The van der Waals surface area contributed by atoms with Crippen molar-refractivity contribution >= 4 is 11.6 Å². The zero-order valence-electron chi connectivity index (χ0n) is 7.97. The number of benzene rings is 1. The Kier molecular flexibility index (Phi) is 2.99. The maximum Gasteiger partial charge on any atom is 0.106 e. The number of aromatic nitrogens is 1. The third-order valence-electron chi connectivity index (χ3n) is 2.19. The summed E-state index contributed by atoms with van der Waals surface area (Å²) in [7, 11) is 0. The van der Waals surface area contributed by atoms with Gasteiger partial charge in [0.2, 0.25) is 0 Å². The number of nitrogens with zero attached hydrogens (tertiary/aromatic N) is 1. The third-order valence-corrected chi connectivity index (χ3v) is 2.44. The van der Waals surface area contributed by atoms with Crippen molar-refractivity contribution in [3.63, 3.8) is 0 Å². The molecule has 0 saturated carbocycles. The molecule has 0 radical (unpaired) electrons. The van der Waals surface area contributed by atoms with Gasteiger partial charge in [0.25, 0.3) is 0 Å². The number of rotatable bonds is 2. The van der Waals surface area contributed by atoms with Crippen LogP contribution in [0.5, 0.6) is 0 Å². The van der Waals surface area contributed by atoms with E-state index in [2.05, 4.69) is 4.98 Å². The highest BCUT2D eigenvalue weighted by atomic mass is 35.5. The first-order valence-corrected chi connectivity index (χ1v) is 4.98. The highest BCUT2D eigenvalue weighted by molar-refractivity contribution is 6.30. The molecule has 0 spiro atoms. The summed E-state index contributed by atoms with van der Waals surface area (Å²) in [5.41, 5.74) is 1.59. The largest absolute Gasteiger partial charge is 0.384 e. The van der Waals surface area contributed by atoms with Crippen molar-refractivity contribution in [1.29, 1.82) is 0 Å². The van der Waals surface area contributed by atoms with Gasteiger partial charge in [0.15, 0.2) is 0 Å². The molecule has 0 fully saturated rings. The SMILES string of the molecule is O[C@@H](c1ccc(Cl)cc1)c1cccnc1. The van der Waals surface area contributed by atoms with Crippen LogP contribution in [0.3, 0.4) is 0 Å². The van der Waals surface area contributed by atoms with Crippen LogP contribution < -0.4 is 0 Å². The van der Waals surface area contributed by atoms with Crippen molar-refractivity contribution < 1.29 is 5.11 Å². The Morgan fingerprint density at radius 1 is 1.07 bits per heavy atom. The monoisotopic (exact) mass is 219 g/mol. The molecule has 2 aromatic rings. The Balaban J connectivity index is 2.29. The second kappa shape index (κ2) is 4.43. The van der Waals surface area contributed by atoms with E-state index in [0.717, 1.165) is 11.1 Å². The predicted molar refractivity (Wildman–Crippen MR) is 59.8 cm³/mol. The molecular formula is C12H10ClNO. The topological polar surface area (TPSA) is 33.1 Å². The summed E-state index contributed by atoms with van der Waals surface area (Å²) < 4.78 is 0. The second-order valence-corrected chi connectivity index (χ2v) is 3.68. The molecule has 1 N–H and O–H groups in total. The maximum atomic E-state index is 10.00. The van der Waals surface area contributed by atoms with Gasteiger partial charge in [-0.05, 0) is 23.8 Å². The number of aliphatic hydroxyl groups excluding tert-OH is 1. The Bertz CT molecular complexity index is 427. The first-order valence-electron chi connectivity index (χ1n) is 4.61. The zero-order valence-corrected chi connectivity index (χ0v) is 8.72. The van der Waals surface area contributed by atoms with Crippen LogP contribution in [0.25, 0.3) is 0 Å². The van der Waals surface area contributed by atoms with Crippen LogP contribution in [0, 0.1) is 0 Å². The highest BCUT2D eigenvalue weighted by Gasteiger charge is 2.09. The van der Waals surface area contributed by atoms with E-state index in [1.165, 1.54) is 0 Å². The molecule has 0 unspecified atom stereocenters. The Hall–Kier alpha value is -1.38. The summed E-state index contributed by atoms with van der Waals surface area (Å²) in [6.45, 7) is 0. The minimum absolute atomic E-state index is 0.643. The van der Waals surface area contributed by atoms with Crippen molar-refractivity contribution in [3.8, 4) is 0 Å². The summed E-state index contributed by atoms with van der Waals surface area (Å²) in [4.78, 5) is 3.96. The fourth-order valence-electron chi connectivity index (χ4n) is 1.38. The molecule has 0 amide bonds. The highest BCUT2D eigenvalue weighted by Crippen LogP contribution is 2.22. The minimum Gasteiger partial charge on any atom is -0.384 e. The lowest BCUT2D eigenvalue weighted by atomic mass is 10.0. The van der Waals surface area contributed by atoms with E-state index in [4.69, 9.17) is 11.6 Å². The van der Waals surface area contributed by atoms with E-state index in [1.54, 1.807) is 42.7 Å². The van der Waals surface area contributed by atoms with Crippen LogP contribution in [0.15, 0.2) is 48.8 Å². The van der Waals surface area contributed by atoms with Gasteiger partial charge in [-0.2, -0.15) is 0 Å². The standard InChI is InChI=1S/C12H10ClNO/c13-11-5-3-9(4-6-11)12(15)10-2-1-7-14-8-10/h1-8,12,15H/t12-/m0/s1. The number of aliphatic hydroxyl groups is 1. The molecule has 0 aliphatic rings. The third kappa shape index (κ3) is 2.35. The molecule has 0 aliphatic carbocycles. The van der Waals surface area contributed by atoms with Crippen LogP contribution in [0.4, 0.5) is 0 Å². The lowest BCUT2D eigenvalue weighted by Crippen LogP contribution is -1.99. The Morgan fingerprint density at radius 3 is 2.40 bits per heavy atom. The molecule has 0 saturated heterocycles. The van der Waals surface area contributed by atoms with Gasteiger partial charge in [-0.15, -0.1) is 0 Å².